The Morgan fingerprint density at radius 3 is 2.50 bits per heavy atom. The molecule has 0 bridgehead atoms. The number of aliphatic hydroxyl groups is 1. The van der Waals surface area contributed by atoms with Crippen molar-refractivity contribution in [2.45, 2.75) is 64.2 Å². The van der Waals surface area contributed by atoms with Crippen LogP contribution in [0.5, 0.6) is 5.75 Å². The number of benzene rings is 1. The fourth-order valence-corrected chi connectivity index (χ4v) is 2.51. The number of amides is 2. The number of anilines is 1. The largest absolute Gasteiger partial charge is 0.491 e. The first-order valence-electron chi connectivity index (χ1n) is 8.09. The first kappa shape index (κ1) is 16.6. The molecule has 1 fully saturated rings. The summed E-state index contributed by atoms with van der Waals surface area (Å²) in [4.78, 5) is 12.0. The summed E-state index contributed by atoms with van der Waals surface area (Å²) in [7, 11) is 0. The van der Waals surface area contributed by atoms with Gasteiger partial charge >= 0.3 is 6.03 Å². The third-order valence-corrected chi connectivity index (χ3v) is 4.06. The molecule has 2 rings (SSSR count). The number of hydrogen-bond acceptors (Lipinski definition) is 3. The van der Waals surface area contributed by atoms with E-state index in [0.717, 1.165) is 43.5 Å². The molecule has 0 heterocycles. The summed E-state index contributed by atoms with van der Waals surface area (Å²) in [6.07, 6.45) is 4.10. The number of aliphatic hydroxyl groups excluding tert-OH is 1. The lowest BCUT2D eigenvalue weighted by Gasteiger charge is -2.26. The summed E-state index contributed by atoms with van der Waals surface area (Å²) < 4.78 is 5.70. The Kier molecular flexibility index (Phi) is 6.07. The molecule has 5 nitrogen and oxygen atoms in total. The second kappa shape index (κ2) is 8.03. The molecule has 0 aliphatic heterocycles. The molecule has 2 amide bonds. The molecule has 1 unspecified atom stereocenters. The van der Waals surface area contributed by atoms with E-state index >= 15 is 0 Å². The van der Waals surface area contributed by atoms with Crippen LogP contribution in [-0.2, 0) is 0 Å². The van der Waals surface area contributed by atoms with Crippen molar-refractivity contribution in [3.05, 3.63) is 24.3 Å². The van der Waals surface area contributed by atoms with Crippen LogP contribution in [0, 0.1) is 0 Å². The zero-order valence-electron chi connectivity index (χ0n) is 13.3. The van der Waals surface area contributed by atoms with E-state index in [0.29, 0.717) is 0 Å². The molecule has 0 aromatic heterocycles. The van der Waals surface area contributed by atoms with E-state index < -0.39 is 0 Å². The maximum Gasteiger partial charge on any atom is 0.319 e. The predicted molar refractivity (Wildman–Crippen MR) is 87.2 cm³/mol. The van der Waals surface area contributed by atoms with Crippen molar-refractivity contribution in [2.24, 2.45) is 0 Å². The number of carbonyl (C=O) groups is 1. The van der Waals surface area contributed by atoms with Gasteiger partial charge in [-0.25, -0.2) is 4.79 Å². The summed E-state index contributed by atoms with van der Waals surface area (Å²) in [5.41, 5.74) is 0.741. The van der Waals surface area contributed by atoms with Crippen molar-refractivity contribution in [1.29, 1.82) is 0 Å². The standard InChI is InChI=1S/C17H26N2O3/c1-3-12(2)22-16-10-6-14(7-11-16)19-17(21)18-13-4-8-15(20)9-5-13/h6-7,10-13,15,20H,3-5,8-9H2,1-2H3,(H2,18,19,21). The van der Waals surface area contributed by atoms with Crippen LogP contribution < -0.4 is 15.4 Å². The first-order chi connectivity index (χ1) is 10.6. The van der Waals surface area contributed by atoms with E-state index in [1.165, 1.54) is 0 Å². The lowest BCUT2D eigenvalue weighted by atomic mass is 9.93. The van der Waals surface area contributed by atoms with Gasteiger partial charge in [0.2, 0.25) is 0 Å². The van der Waals surface area contributed by atoms with Crippen LogP contribution in [0.4, 0.5) is 10.5 Å². The van der Waals surface area contributed by atoms with Crippen LogP contribution in [0.25, 0.3) is 0 Å². The highest BCUT2D eigenvalue weighted by Gasteiger charge is 2.20. The Bertz CT molecular complexity index is 467. The quantitative estimate of drug-likeness (QED) is 0.781. The number of ether oxygens (including phenoxy) is 1. The Labute approximate surface area is 132 Å². The molecule has 22 heavy (non-hydrogen) atoms. The second-order valence-corrected chi connectivity index (χ2v) is 5.97. The fourth-order valence-electron chi connectivity index (χ4n) is 2.51. The van der Waals surface area contributed by atoms with Gasteiger partial charge in [0.05, 0.1) is 12.2 Å². The minimum Gasteiger partial charge on any atom is -0.491 e. The monoisotopic (exact) mass is 306 g/mol. The number of urea groups is 1. The number of nitrogens with one attached hydrogen (secondary N) is 2. The summed E-state index contributed by atoms with van der Waals surface area (Å²) >= 11 is 0. The number of carbonyl (C=O) groups excluding carboxylic acids is 1. The maximum atomic E-state index is 12.0. The van der Waals surface area contributed by atoms with Gasteiger partial charge in [-0.3, -0.25) is 0 Å². The lowest BCUT2D eigenvalue weighted by Crippen LogP contribution is -2.40. The van der Waals surface area contributed by atoms with Gasteiger partial charge in [-0.2, -0.15) is 0 Å². The molecule has 1 atom stereocenters. The molecule has 5 heteroatoms. The van der Waals surface area contributed by atoms with Crippen molar-refractivity contribution >= 4 is 11.7 Å². The summed E-state index contributed by atoms with van der Waals surface area (Å²) in [5, 5.41) is 15.2. The van der Waals surface area contributed by atoms with Gasteiger partial charge in [0.1, 0.15) is 5.75 Å². The van der Waals surface area contributed by atoms with Crippen molar-refractivity contribution < 1.29 is 14.6 Å². The molecule has 1 aromatic rings. The zero-order valence-corrected chi connectivity index (χ0v) is 13.3. The summed E-state index contributed by atoms with van der Waals surface area (Å²) in [6.45, 7) is 4.11. The van der Waals surface area contributed by atoms with Gasteiger partial charge < -0.3 is 20.5 Å². The zero-order chi connectivity index (χ0) is 15.9. The molecule has 0 spiro atoms. The van der Waals surface area contributed by atoms with Crippen LogP contribution in [-0.4, -0.2) is 29.4 Å². The van der Waals surface area contributed by atoms with Gasteiger partial charge in [0.15, 0.2) is 0 Å². The Hall–Kier alpha value is -1.75. The third-order valence-electron chi connectivity index (χ3n) is 4.06. The van der Waals surface area contributed by atoms with E-state index in [-0.39, 0.29) is 24.3 Å². The van der Waals surface area contributed by atoms with Gasteiger partial charge in [-0.15, -0.1) is 0 Å². The van der Waals surface area contributed by atoms with Gasteiger partial charge in [0.25, 0.3) is 0 Å². The van der Waals surface area contributed by atoms with Gasteiger partial charge in [-0.1, -0.05) is 6.92 Å². The Morgan fingerprint density at radius 1 is 1.27 bits per heavy atom. The van der Waals surface area contributed by atoms with Crippen molar-refractivity contribution in [3.8, 4) is 5.75 Å². The molecule has 1 aliphatic rings. The predicted octanol–water partition coefficient (Wildman–Crippen LogP) is 3.29. The molecule has 122 valence electrons. The van der Waals surface area contributed by atoms with Crippen LogP contribution in [0.3, 0.4) is 0 Å². The summed E-state index contributed by atoms with van der Waals surface area (Å²) in [5.74, 6) is 0.807. The minimum absolute atomic E-state index is 0.149. The average Bonchev–Trinajstić information content (AvgIpc) is 2.51. The van der Waals surface area contributed by atoms with E-state index in [9.17, 15) is 9.90 Å². The molecular formula is C17H26N2O3. The van der Waals surface area contributed by atoms with E-state index in [1.54, 1.807) is 0 Å². The summed E-state index contributed by atoms with van der Waals surface area (Å²) in [6, 6.07) is 7.34. The molecule has 0 saturated heterocycles. The maximum absolute atomic E-state index is 12.0. The molecule has 1 saturated carbocycles. The van der Waals surface area contributed by atoms with Crippen LogP contribution in [0.2, 0.25) is 0 Å². The smallest absolute Gasteiger partial charge is 0.319 e. The van der Waals surface area contributed by atoms with Crippen molar-refractivity contribution in [1.82, 2.24) is 5.32 Å². The highest BCUT2D eigenvalue weighted by molar-refractivity contribution is 5.89. The fraction of sp³-hybridized carbons (Fsp3) is 0.588. The van der Waals surface area contributed by atoms with Crippen LogP contribution in [0.1, 0.15) is 46.0 Å². The number of hydrogen-bond donors (Lipinski definition) is 3. The average molecular weight is 306 g/mol. The molecule has 1 aromatic carbocycles. The molecule has 3 N–H and O–H groups in total. The van der Waals surface area contributed by atoms with E-state index in [2.05, 4.69) is 17.6 Å². The lowest BCUT2D eigenvalue weighted by molar-refractivity contribution is 0.118. The highest BCUT2D eigenvalue weighted by atomic mass is 16.5. The topological polar surface area (TPSA) is 70.6 Å². The van der Waals surface area contributed by atoms with E-state index in [1.807, 2.05) is 31.2 Å². The highest BCUT2D eigenvalue weighted by Crippen LogP contribution is 2.19. The SMILES string of the molecule is CCC(C)Oc1ccc(NC(=O)NC2CCC(O)CC2)cc1. The third kappa shape index (κ3) is 5.22. The Morgan fingerprint density at radius 2 is 1.91 bits per heavy atom. The first-order valence-corrected chi connectivity index (χ1v) is 8.09. The molecular weight excluding hydrogens is 280 g/mol. The molecule has 1 aliphatic carbocycles. The van der Waals surface area contributed by atoms with Crippen molar-refractivity contribution in [2.75, 3.05) is 5.32 Å². The van der Waals surface area contributed by atoms with Gasteiger partial charge in [0, 0.05) is 11.7 Å². The van der Waals surface area contributed by atoms with Crippen LogP contribution >= 0.6 is 0 Å². The van der Waals surface area contributed by atoms with Crippen molar-refractivity contribution in [3.63, 3.8) is 0 Å². The van der Waals surface area contributed by atoms with Gasteiger partial charge in [-0.05, 0) is 63.3 Å². The molecule has 0 radical (unpaired) electrons. The minimum atomic E-state index is -0.209. The second-order valence-electron chi connectivity index (χ2n) is 5.97. The normalized spacial score (nSPS) is 22.7. The number of rotatable bonds is 5. The van der Waals surface area contributed by atoms with Crippen LogP contribution in [0.15, 0.2) is 24.3 Å². The van der Waals surface area contributed by atoms with E-state index in [4.69, 9.17) is 4.74 Å². The Balaban J connectivity index is 1.79.